The number of rotatable bonds is 0. The molecule has 0 spiro atoms. The molecule has 0 saturated carbocycles. The fourth-order valence-corrected chi connectivity index (χ4v) is 0. The Labute approximate surface area is 898 Å². The third kappa shape index (κ3) is 10000. The van der Waals surface area contributed by atoms with Gasteiger partial charge in [0.25, 0.3) is 0 Å². The minimum atomic E-state index is 0. The van der Waals surface area contributed by atoms with Crippen LogP contribution in [0.25, 0.3) is 0 Å². The molecule has 80 nitrogen and oxygen atoms in total. The van der Waals surface area contributed by atoms with Crippen LogP contribution in [-0.2, 0) is 446 Å². The molecule has 0 aliphatic carbocycles. The molecule has 104 heteroatoms. The van der Waals surface area contributed by atoms with Gasteiger partial charge in [-0.25, -0.2) is 0 Å². The molecule has 0 amide bonds. The maximum absolute atomic E-state index is 0. The van der Waals surface area contributed by atoms with E-state index in [1.54, 1.807) is 0 Å². The molecule has 170 N–H and O–H groups in total. The predicted octanol–water partition coefficient (Wildman–Crippen LogP) is -56.0. The second kappa shape index (κ2) is 10300. The molecule has 800 valence electrons. The molecule has 0 aliphatic rings. The van der Waals surface area contributed by atoms with Crippen molar-refractivity contribution in [1.82, 2.24) is 61.5 Å². The molecule has 0 heterocycles. The Morgan fingerprint density at radius 3 is 0.0481 bits per heavy atom. The van der Waals surface area contributed by atoms with Gasteiger partial charge < -0.3 is 445 Å². The van der Waals surface area contributed by atoms with Crippen LogP contribution in [0.15, 0.2) is 0 Å². The van der Waals surface area contributed by atoms with Gasteiger partial charge in [0.1, 0.15) is 0 Å². The monoisotopic (exact) mass is 5050 g/mol. The summed E-state index contributed by atoms with van der Waals surface area (Å²) < 4.78 is 0. The second-order valence-corrected chi connectivity index (χ2v) is 0. The van der Waals surface area contributed by atoms with E-state index in [1.807, 2.05) is 0 Å². The van der Waals surface area contributed by atoms with Gasteiger partial charge in [-0.2, -0.15) is 19.8 Å². The molecule has 0 aliphatic heterocycles. The SMILES string of the molecule is N.N.N.N.N.N.N.N.N.N.O.O.O.O.O.O.O.O.O.O.O.O.O.O.O.O.O.O.O.O.O.O.O.O.O.O.O.O.O.O.O.O.O.O.O.O.O.O.O.O.O.O.O.O.O.O.O.O.O.O.O.O.O.O.O.O.O.O.O.O.O.O.O.O.O.O.O.O.O.O.P.P.[Co].[Co].[Co].[Co].[W].[W].[W].[W].[W].[W].[W].[W].[W].[W].[W].[W].[W].[W].[W].[W].[W].[W]. The smallest absolute Gasteiger partial charge is 0 e. The van der Waals surface area contributed by atoms with Crippen LogP contribution in [0.3, 0.4) is 0 Å². The summed E-state index contributed by atoms with van der Waals surface area (Å²) >= 11 is 0. The zero-order valence-corrected chi connectivity index (χ0v) is 112. The van der Waals surface area contributed by atoms with E-state index in [9.17, 15) is 0 Å². The Balaban J connectivity index is 0. The van der Waals surface area contributed by atoms with E-state index in [0.717, 1.165) is 0 Å². The molecule has 0 saturated heterocycles. The summed E-state index contributed by atoms with van der Waals surface area (Å²) in [5, 5.41) is 0. The Morgan fingerprint density at radius 1 is 0.0481 bits per heavy atom. The summed E-state index contributed by atoms with van der Waals surface area (Å²) in [6.45, 7) is 0. The largest absolute Gasteiger partial charge is 0.412 e. The van der Waals surface area contributed by atoms with Gasteiger partial charge in [-0.05, 0) is 0 Å². The zero-order valence-electron chi connectivity index (χ0n) is 52.2. The van der Waals surface area contributed by atoms with Gasteiger partial charge in [0.15, 0.2) is 0 Å². The molecule has 0 bridgehead atoms. The molecular formula is H176Co4N10O70P2W18. The van der Waals surface area contributed by atoms with Crippen molar-refractivity contribution in [3.8, 4) is 0 Å². The third-order valence-corrected chi connectivity index (χ3v) is 0. The minimum Gasteiger partial charge on any atom is -0.412 e. The summed E-state index contributed by atoms with van der Waals surface area (Å²) in [5.74, 6) is 0. The summed E-state index contributed by atoms with van der Waals surface area (Å²) in [4.78, 5) is 0. The minimum absolute atomic E-state index is 0. The van der Waals surface area contributed by atoms with Crippen molar-refractivity contribution in [3.05, 3.63) is 0 Å². The van der Waals surface area contributed by atoms with Crippen LogP contribution in [0.5, 0.6) is 0 Å². The Hall–Kier alpha value is 12.1. The molecule has 2 unspecified atom stereocenters. The second-order valence-electron chi connectivity index (χ2n) is 0. The van der Waals surface area contributed by atoms with E-state index < -0.39 is 0 Å². The fourth-order valence-electron chi connectivity index (χ4n) is 0. The van der Waals surface area contributed by atoms with Crippen molar-refractivity contribution in [1.29, 1.82) is 0 Å². The molecule has 4 radical (unpaired) electrons. The Morgan fingerprint density at radius 2 is 0.0481 bits per heavy atom. The molecule has 0 rings (SSSR count). The first-order valence-corrected chi connectivity index (χ1v) is 0. The van der Waals surface area contributed by atoms with Crippen molar-refractivity contribution in [3.63, 3.8) is 0 Å². The normalized spacial score (nSPS) is 0. The molecule has 0 aromatic heterocycles. The quantitative estimate of drug-likeness (QED) is 0.102. The van der Waals surface area contributed by atoms with E-state index in [0.29, 0.717) is 0 Å². The van der Waals surface area contributed by atoms with Crippen molar-refractivity contribution in [2.24, 2.45) is 0 Å². The molecule has 0 aromatic carbocycles. The summed E-state index contributed by atoms with van der Waals surface area (Å²) in [7, 11) is 0. The average molecular weight is 5040 g/mol. The third-order valence-electron chi connectivity index (χ3n) is 0. The number of hydrogen-bond acceptors (Lipinski definition) is 10. The van der Waals surface area contributed by atoms with Crippen LogP contribution < -0.4 is 61.5 Å². The standard InChI is InChI=1S/4Co.10H3N.70H2O.2H3P.18W/h;;;;10*1H3;70*1H2;2*1H3;;;;;;;;;;;;;;;;;;. The maximum atomic E-state index is 0. The van der Waals surface area contributed by atoms with Crippen LogP contribution >= 0.6 is 19.8 Å². The van der Waals surface area contributed by atoms with Gasteiger partial charge in [0.2, 0.25) is 0 Å². The predicted molar refractivity (Wildman–Crippen MR) is 325 cm³/mol. The summed E-state index contributed by atoms with van der Waals surface area (Å²) in [5.41, 5.74) is 0. The van der Waals surface area contributed by atoms with Crippen LogP contribution in [-0.4, -0.2) is 383 Å². The fraction of sp³-hybridized carbons (Fsp3) is 0. The average Bonchev–Trinajstić information content (AvgIpc) is 0. The molecule has 104 heavy (non-hydrogen) atoms. The first kappa shape index (κ1) is 10500. The molecular weight excluding hydrogens is 4870 g/mol. The Bertz CT molecular complexity index is 150. The summed E-state index contributed by atoms with van der Waals surface area (Å²) in [6.07, 6.45) is 0. The van der Waals surface area contributed by atoms with Crippen molar-refractivity contribution < 1.29 is 830 Å². The maximum Gasteiger partial charge on any atom is 0 e. The van der Waals surface area contributed by atoms with Crippen molar-refractivity contribution in [2.75, 3.05) is 0 Å². The number of hydrogen-bond donors (Lipinski definition) is 10. The first-order chi connectivity index (χ1) is 0. The van der Waals surface area contributed by atoms with Crippen LogP contribution in [0.1, 0.15) is 0 Å². The topological polar surface area (TPSA) is 2560 Å². The molecule has 2 atom stereocenters. The van der Waals surface area contributed by atoms with Crippen molar-refractivity contribution >= 4 is 19.8 Å². The van der Waals surface area contributed by atoms with Crippen LogP contribution in [0.4, 0.5) is 0 Å². The van der Waals surface area contributed by atoms with Crippen molar-refractivity contribution in [2.45, 2.75) is 0 Å². The van der Waals surface area contributed by atoms with E-state index in [2.05, 4.69) is 0 Å². The van der Waals surface area contributed by atoms with Gasteiger partial charge in [-0.3, -0.25) is 0 Å². The zero-order chi connectivity index (χ0) is 0. The van der Waals surface area contributed by atoms with E-state index in [1.165, 1.54) is 0 Å². The van der Waals surface area contributed by atoms with Gasteiger partial charge in [-0.15, -0.1) is 0 Å². The van der Waals surface area contributed by atoms with E-state index in [4.69, 9.17) is 0 Å². The van der Waals surface area contributed by atoms with Gasteiger partial charge in [0, 0.05) is 446 Å². The molecule has 0 aromatic rings. The van der Waals surface area contributed by atoms with Crippen LogP contribution in [0, 0.1) is 0 Å². The first-order valence-electron chi connectivity index (χ1n) is 0. The summed E-state index contributed by atoms with van der Waals surface area (Å²) in [6, 6.07) is 0. The van der Waals surface area contributed by atoms with E-state index in [-0.39, 0.29) is 911 Å². The molecule has 0 fully saturated rings. The van der Waals surface area contributed by atoms with Gasteiger partial charge >= 0.3 is 0 Å². The Kier molecular flexibility index (Phi) is 1040000. The van der Waals surface area contributed by atoms with E-state index >= 15 is 0 Å². The van der Waals surface area contributed by atoms with Gasteiger partial charge in [-0.1, -0.05) is 0 Å². The van der Waals surface area contributed by atoms with Crippen LogP contribution in [0.2, 0.25) is 0 Å². The van der Waals surface area contributed by atoms with Gasteiger partial charge in [0.05, 0.1) is 0 Å².